The van der Waals surface area contributed by atoms with Gasteiger partial charge in [0, 0.05) is 31.6 Å². The van der Waals surface area contributed by atoms with Gasteiger partial charge in [-0.3, -0.25) is 14.5 Å². The van der Waals surface area contributed by atoms with Crippen molar-refractivity contribution in [1.29, 1.82) is 0 Å². The second kappa shape index (κ2) is 8.95. The van der Waals surface area contributed by atoms with Gasteiger partial charge in [-0.2, -0.15) is 0 Å². The van der Waals surface area contributed by atoms with Crippen LogP contribution in [0.15, 0.2) is 0 Å². The average Bonchev–Trinajstić information content (AvgIpc) is 2.39. The van der Waals surface area contributed by atoms with Gasteiger partial charge in [0.1, 0.15) is 0 Å². The molecule has 5 heteroatoms. The van der Waals surface area contributed by atoms with Gasteiger partial charge in [0.05, 0.1) is 6.42 Å². The van der Waals surface area contributed by atoms with Crippen LogP contribution in [-0.2, 0) is 9.59 Å². The Labute approximate surface area is 121 Å². The zero-order valence-corrected chi connectivity index (χ0v) is 12.7. The Bertz CT molecular complexity index is 312. The zero-order chi connectivity index (χ0) is 15.0. The molecule has 20 heavy (non-hydrogen) atoms. The third-order valence-electron chi connectivity index (χ3n) is 3.94. The fourth-order valence-corrected chi connectivity index (χ4v) is 2.66. The molecule has 0 unspecified atom stereocenters. The van der Waals surface area contributed by atoms with E-state index < -0.39 is 5.97 Å². The number of nitrogens with zero attached hydrogens (tertiary/aromatic N) is 1. The number of hydrogen-bond donors (Lipinski definition) is 2. The van der Waals surface area contributed by atoms with Crippen molar-refractivity contribution >= 4 is 11.9 Å². The van der Waals surface area contributed by atoms with Crippen LogP contribution in [0, 0.1) is 0 Å². The van der Waals surface area contributed by atoms with Gasteiger partial charge in [-0.25, -0.2) is 0 Å². The Morgan fingerprint density at radius 3 is 2.30 bits per heavy atom. The largest absolute Gasteiger partial charge is 0.481 e. The molecule has 0 heterocycles. The number of carboxylic acids is 1. The first kappa shape index (κ1) is 17.0. The Morgan fingerprint density at radius 1 is 1.15 bits per heavy atom. The molecule has 0 bridgehead atoms. The topological polar surface area (TPSA) is 69.6 Å². The summed E-state index contributed by atoms with van der Waals surface area (Å²) in [7, 11) is 0. The van der Waals surface area contributed by atoms with E-state index in [1.54, 1.807) is 0 Å². The summed E-state index contributed by atoms with van der Waals surface area (Å²) >= 11 is 0. The van der Waals surface area contributed by atoms with E-state index in [1.807, 2.05) is 13.8 Å². The third-order valence-corrected chi connectivity index (χ3v) is 3.94. The highest BCUT2D eigenvalue weighted by molar-refractivity contribution is 5.76. The summed E-state index contributed by atoms with van der Waals surface area (Å²) in [4.78, 5) is 24.6. The highest BCUT2D eigenvalue weighted by atomic mass is 16.4. The summed E-state index contributed by atoms with van der Waals surface area (Å²) in [6.07, 6.45) is 6.47. The monoisotopic (exact) mass is 284 g/mol. The summed E-state index contributed by atoms with van der Waals surface area (Å²) in [6.45, 7) is 5.19. The van der Waals surface area contributed by atoms with Crippen LogP contribution in [0.5, 0.6) is 0 Å². The lowest BCUT2D eigenvalue weighted by molar-refractivity contribution is -0.137. The van der Waals surface area contributed by atoms with Gasteiger partial charge in [-0.05, 0) is 26.7 Å². The summed E-state index contributed by atoms with van der Waals surface area (Å²) in [6, 6.07) is 0.611. The predicted molar refractivity (Wildman–Crippen MR) is 78.6 cm³/mol. The second-order valence-corrected chi connectivity index (χ2v) is 5.93. The number of nitrogens with one attached hydrogen (secondary N) is 1. The standard InChI is InChI=1S/C15H28N2O3/c1-12(2)17(11-9-15(19)20)10-8-14(18)16-13-6-4-3-5-7-13/h12-13H,3-11H2,1-2H3,(H,16,18)(H,19,20). The molecule has 1 saturated carbocycles. The molecule has 1 amide bonds. The molecule has 0 radical (unpaired) electrons. The average molecular weight is 284 g/mol. The van der Waals surface area contributed by atoms with E-state index in [4.69, 9.17) is 5.11 Å². The Balaban J connectivity index is 2.26. The fourth-order valence-electron chi connectivity index (χ4n) is 2.66. The van der Waals surface area contributed by atoms with Gasteiger partial charge >= 0.3 is 5.97 Å². The van der Waals surface area contributed by atoms with Crippen LogP contribution in [0.2, 0.25) is 0 Å². The van der Waals surface area contributed by atoms with Crippen molar-refractivity contribution in [1.82, 2.24) is 10.2 Å². The van der Waals surface area contributed by atoms with Crippen molar-refractivity contribution in [3.63, 3.8) is 0 Å². The van der Waals surface area contributed by atoms with Crippen LogP contribution in [0.25, 0.3) is 0 Å². The molecule has 116 valence electrons. The minimum Gasteiger partial charge on any atom is -0.481 e. The molecule has 5 nitrogen and oxygen atoms in total. The van der Waals surface area contributed by atoms with Crippen LogP contribution in [0.3, 0.4) is 0 Å². The molecular formula is C15H28N2O3. The third kappa shape index (κ3) is 6.89. The van der Waals surface area contributed by atoms with E-state index in [9.17, 15) is 9.59 Å². The van der Waals surface area contributed by atoms with Crippen molar-refractivity contribution in [2.45, 2.75) is 70.9 Å². The van der Waals surface area contributed by atoms with E-state index in [0.29, 0.717) is 25.6 Å². The molecular weight excluding hydrogens is 256 g/mol. The molecule has 0 saturated heterocycles. The lowest BCUT2D eigenvalue weighted by Crippen LogP contribution is -2.40. The molecule has 0 atom stereocenters. The lowest BCUT2D eigenvalue weighted by Gasteiger charge is -2.27. The summed E-state index contributed by atoms with van der Waals surface area (Å²) in [5.74, 6) is -0.694. The SMILES string of the molecule is CC(C)N(CCC(=O)O)CCC(=O)NC1CCCCC1. The number of rotatable bonds is 8. The molecule has 1 aliphatic carbocycles. The van der Waals surface area contributed by atoms with E-state index in [1.165, 1.54) is 19.3 Å². The maximum atomic E-state index is 11.9. The van der Waals surface area contributed by atoms with Crippen molar-refractivity contribution in [3.05, 3.63) is 0 Å². The highest BCUT2D eigenvalue weighted by Crippen LogP contribution is 2.17. The number of aliphatic carboxylic acids is 1. The second-order valence-electron chi connectivity index (χ2n) is 5.93. The molecule has 0 aromatic heterocycles. The van der Waals surface area contributed by atoms with Gasteiger partial charge in [0.2, 0.25) is 5.91 Å². The van der Waals surface area contributed by atoms with Gasteiger partial charge in [0.25, 0.3) is 0 Å². The van der Waals surface area contributed by atoms with Crippen molar-refractivity contribution < 1.29 is 14.7 Å². The number of carbonyl (C=O) groups excluding carboxylic acids is 1. The number of carbonyl (C=O) groups is 2. The molecule has 1 rings (SSSR count). The molecule has 0 aromatic rings. The molecule has 0 spiro atoms. The van der Waals surface area contributed by atoms with Crippen molar-refractivity contribution in [2.24, 2.45) is 0 Å². The van der Waals surface area contributed by atoms with Gasteiger partial charge < -0.3 is 10.4 Å². The first-order valence-corrected chi connectivity index (χ1v) is 7.74. The molecule has 0 aliphatic heterocycles. The Kier molecular flexibility index (Phi) is 7.59. The molecule has 0 aromatic carbocycles. The highest BCUT2D eigenvalue weighted by Gasteiger charge is 2.17. The van der Waals surface area contributed by atoms with Crippen molar-refractivity contribution in [2.75, 3.05) is 13.1 Å². The lowest BCUT2D eigenvalue weighted by atomic mass is 9.95. The first-order chi connectivity index (χ1) is 9.49. The van der Waals surface area contributed by atoms with E-state index in [0.717, 1.165) is 12.8 Å². The minimum atomic E-state index is -0.790. The summed E-state index contributed by atoms with van der Waals surface area (Å²) in [5.41, 5.74) is 0. The Hall–Kier alpha value is -1.10. The molecule has 1 fully saturated rings. The van der Waals surface area contributed by atoms with E-state index in [2.05, 4.69) is 10.2 Å². The van der Waals surface area contributed by atoms with Crippen LogP contribution >= 0.6 is 0 Å². The fraction of sp³-hybridized carbons (Fsp3) is 0.867. The first-order valence-electron chi connectivity index (χ1n) is 7.74. The van der Waals surface area contributed by atoms with Gasteiger partial charge in [-0.1, -0.05) is 19.3 Å². The van der Waals surface area contributed by atoms with Crippen LogP contribution in [-0.4, -0.2) is 47.1 Å². The minimum absolute atomic E-state index is 0.0953. The van der Waals surface area contributed by atoms with Gasteiger partial charge in [-0.15, -0.1) is 0 Å². The number of amides is 1. The number of carboxylic acid groups (broad SMARTS) is 1. The predicted octanol–water partition coefficient (Wildman–Crippen LogP) is 2.01. The maximum Gasteiger partial charge on any atom is 0.304 e. The van der Waals surface area contributed by atoms with Gasteiger partial charge in [0.15, 0.2) is 0 Å². The zero-order valence-electron chi connectivity index (χ0n) is 12.7. The van der Waals surface area contributed by atoms with E-state index >= 15 is 0 Å². The van der Waals surface area contributed by atoms with E-state index in [-0.39, 0.29) is 18.4 Å². The molecule has 1 aliphatic rings. The molecule has 2 N–H and O–H groups in total. The smallest absolute Gasteiger partial charge is 0.304 e. The number of hydrogen-bond acceptors (Lipinski definition) is 3. The van der Waals surface area contributed by atoms with Crippen LogP contribution in [0.4, 0.5) is 0 Å². The normalized spacial score (nSPS) is 16.6. The van der Waals surface area contributed by atoms with Crippen molar-refractivity contribution in [3.8, 4) is 0 Å². The quantitative estimate of drug-likeness (QED) is 0.715. The Morgan fingerprint density at radius 2 is 1.75 bits per heavy atom. The van der Waals surface area contributed by atoms with Crippen LogP contribution < -0.4 is 5.32 Å². The van der Waals surface area contributed by atoms with Crippen LogP contribution in [0.1, 0.15) is 58.8 Å². The summed E-state index contributed by atoms with van der Waals surface area (Å²) < 4.78 is 0. The maximum absolute atomic E-state index is 11.9. The summed E-state index contributed by atoms with van der Waals surface area (Å²) in [5, 5.41) is 11.8.